The molecular weight excluding hydrogens is 596 g/mol. The number of aromatic nitrogens is 3. The van der Waals surface area contributed by atoms with Crippen LogP contribution in [0.1, 0.15) is 35.3 Å². The molecule has 0 unspecified atom stereocenters. The van der Waals surface area contributed by atoms with Crippen LogP contribution in [0.5, 0.6) is 17.2 Å². The first-order valence-corrected chi connectivity index (χ1v) is 15.7. The number of halogens is 2. The predicted octanol–water partition coefficient (Wildman–Crippen LogP) is 4.27. The SMILES string of the molecule is O=C(NCc1cc2nc(N3CCOc4c(OCC5CC5)ccnc43)ccc2cn1)c1cc(F)c2c(c1)S(=O)(=O)[C@@H](F)CCO2. The Morgan fingerprint density at radius 3 is 2.75 bits per heavy atom. The number of nitrogens with zero attached hydrogens (tertiary/aromatic N) is 4. The van der Waals surface area contributed by atoms with E-state index in [2.05, 4.69) is 15.3 Å². The van der Waals surface area contributed by atoms with Crippen LogP contribution in [0.25, 0.3) is 10.9 Å². The van der Waals surface area contributed by atoms with Crippen LogP contribution in [0.2, 0.25) is 0 Å². The van der Waals surface area contributed by atoms with Gasteiger partial charge in [-0.15, -0.1) is 0 Å². The molecule has 3 aliphatic rings. The number of rotatable bonds is 7. The van der Waals surface area contributed by atoms with E-state index in [1.807, 2.05) is 17.0 Å². The van der Waals surface area contributed by atoms with Crippen LogP contribution in [0.15, 0.2) is 53.7 Å². The molecule has 0 radical (unpaired) electrons. The van der Waals surface area contributed by atoms with Crippen LogP contribution in [-0.4, -0.2) is 61.1 Å². The average Bonchev–Trinajstić information content (AvgIpc) is 3.87. The van der Waals surface area contributed by atoms with Crippen LogP contribution in [0.4, 0.5) is 20.4 Å². The fraction of sp³-hybridized carbons (Fsp3) is 0.333. The van der Waals surface area contributed by atoms with E-state index in [1.54, 1.807) is 24.5 Å². The normalized spacial score (nSPS) is 18.8. The van der Waals surface area contributed by atoms with Crippen molar-refractivity contribution < 1.29 is 36.2 Å². The molecular formula is C30H27F2N5O6S. The van der Waals surface area contributed by atoms with Gasteiger partial charge in [-0.1, -0.05) is 0 Å². The van der Waals surface area contributed by atoms with E-state index in [0.29, 0.717) is 60.0 Å². The molecule has 11 nitrogen and oxygen atoms in total. The summed E-state index contributed by atoms with van der Waals surface area (Å²) in [5.41, 5.74) is -1.47. The van der Waals surface area contributed by atoms with E-state index in [0.717, 1.165) is 17.5 Å². The Bertz CT molecular complexity index is 1890. The van der Waals surface area contributed by atoms with Gasteiger partial charge in [0.25, 0.3) is 5.91 Å². The summed E-state index contributed by atoms with van der Waals surface area (Å²) in [5.74, 6) is 0.662. The lowest BCUT2D eigenvalue weighted by Gasteiger charge is -2.30. The molecule has 0 spiro atoms. The molecule has 1 atom stereocenters. The van der Waals surface area contributed by atoms with Crippen molar-refractivity contribution in [3.8, 4) is 17.2 Å². The predicted molar refractivity (Wildman–Crippen MR) is 154 cm³/mol. The van der Waals surface area contributed by atoms with Crippen molar-refractivity contribution in [2.24, 2.45) is 5.92 Å². The number of nitrogens with one attached hydrogen (secondary N) is 1. The van der Waals surface area contributed by atoms with Crippen LogP contribution >= 0.6 is 0 Å². The summed E-state index contributed by atoms with van der Waals surface area (Å²) < 4.78 is 71.1. The van der Waals surface area contributed by atoms with Crippen molar-refractivity contribution >= 4 is 38.3 Å². The number of amides is 1. The standard InChI is InChI=1S/C30H27F2N5O6S/c31-21-11-19(12-24-27(21)41-9-6-25(32)44(24,39)40)30(38)35-15-20-13-22-18(14-34-20)3-4-26(36-22)37-8-10-42-28-23(5-7-33-29(28)37)43-16-17-1-2-17/h3-5,7,11-14,17,25H,1-2,6,8-10,15-16H2,(H,35,38)/t25-/m1/s1. The van der Waals surface area contributed by atoms with Gasteiger partial charge in [-0.25, -0.2) is 27.2 Å². The molecule has 2 aliphatic heterocycles. The van der Waals surface area contributed by atoms with Gasteiger partial charge in [0.05, 0.1) is 37.5 Å². The number of benzene rings is 1. The van der Waals surface area contributed by atoms with Gasteiger partial charge in [-0.3, -0.25) is 9.78 Å². The highest BCUT2D eigenvalue weighted by molar-refractivity contribution is 7.92. The highest BCUT2D eigenvalue weighted by Gasteiger charge is 2.36. The Hall–Kier alpha value is -4.59. The lowest BCUT2D eigenvalue weighted by molar-refractivity contribution is 0.0949. The Kier molecular flexibility index (Phi) is 7.15. The van der Waals surface area contributed by atoms with Gasteiger partial charge in [0.1, 0.15) is 17.3 Å². The smallest absolute Gasteiger partial charge is 0.251 e. The zero-order chi connectivity index (χ0) is 30.4. The minimum atomic E-state index is -4.52. The Morgan fingerprint density at radius 1 is 1.07 bits per heavy atom. The van der Waals surface area contributed by atoms with Crippen molar-refractivity contribution in [2.75, 3.05) is 31.3 Å². The first-order chi connectivity index (χ1) is 21.3. The third kappa shape index (κ3) is 5.34. The van der Waals surface area contributed by atoms with E-state index < -0.39 is 44.1 Å². The number of carbonyl (C=O) groups is 1. The summed E-state index contributed by atoms with van der Waals surface area (Å²) in [5, 5.41) is 3.38. The lowest BCUT2D eigenvalue weighted by Crippen LogP contribution is -2.30. The number of ether oxygens (including phenoxy) is 3. The van der Waals surface area contributed by atoms with Crippen LogP contribution < -0.4 is 24.4 Å². The van der Waals surface area contributed by atoms with Crippen molar-refractivity contribution in [1.82, 2.24) is 20.3 Å². The maximum atomic E-state index is 14.7. The largest absolute Gasteiger partial charge is 0.489 e. The number of hydrogen-bond donors (Lipinski definition) is 1. The Balaban J connectivity index is 1.10. The molecule has 1 amide bonds. The third-order valence-electron chi connectivity index (χ3n) is 7.67. The van der Waals surface area contributed by atoms with Gasteiger partial charge in [-0.2, -0.15) is 0 Å². The molecule has 7 rings (SSSR count). The van der Waals surface area contributed by atoms with E-state index in [1.165, 1.54) is 12.8 Å². The maximum Gasteiger partial charge on any atom is 0.251 e. The van der Waals surface area contributed by atoms with Crippen LogP contribution in [0.3, 0.4) is 0 Å². The minimum absolute atomic E-state index is 0.0575. The van der Waals surface area contributed by atoms with Crippen molar-refractivity contribution in [2.45, 2.75) is 36.2 Å². The number of alkyl halides is 1. The number of anilines is 2. The highest BCUT2D eigenvalue weighted by Crippen LogP contribution is 2.42. The van der Waals surface area contributed by atoms with Crippen molar-refractivity contribution in [1.29, 1.82) is 0 Å². The van der Waals surface area contributed by atoms with Gasteiger partial charge in [0.15, 0.2) is 23.1 Å². The zero-order valence-electron chi connectivity index (χ0n) is 23.3. The molecule has 4 aromatic rings. The van der Waals surface area contributed by atoms with Crippen molar-refractivity contribution in [3.63, 3.8) is 0 Å². The zero-order valence-corrected chi connectivity index (χ0v) is 24.1. The summed E-state index contributed by atoms with van der Waals surface area (Å²) >= 11 is 0. The summed E-state index contributed by atoms with van der Waals surface area (Å²) in [6.45, 7) is 1.24. The second kappa shape index (κ2) is 11.2. The first kappa shape index (κ1) is 28.2. The van der Waals surface area contributed by atoms with Gasteiger partial charge < -0.3 is 24.4 Å². The van der Waals surface area contributed by atoms with E-state index in [9.17, 15) is 22.0 Å². The molecule has 3 aromatic heterocycles. The molecule has 5 heterocycles. The molecule has 1 N–H and O–H groups in total. The van der Waals surface area contributed by atoms with Crippen LogP contribution in [0, 0.1) is 11.7 Å². The minimum Gasteiger partial charge on any atom is -0.489 e. The van der Waals surface area contributed by atoms with Crippen molar-refractivity contribution in [3.05, 3.63) is 65.9 Å². The van der Waals surface area contributed by atoms with Gasteiger partial charge in [0.2, 0.25) is 21.1 Å². The van der Waals surface area contributed by atoms with Gasteiger partial charge in [0, 0.05) is 35.8 Å². The topological polar surface area (TPSA) is 133 Å². The van der Waals surface area contributed by atoms with Gasteiger partial charge >= 0.3 is 0 Å². The maximum absolute atomic E-state index is 14.7. The van der Waals surface area contributed by atoms with E-state index in [4.69, 9.17) is 19.2 Å². The number of pyridine rings is 3. The highest BCUT2D eigenvalue weighted by atomic mass is 32.2. The summed E-state index contributed by atoms with van der Waals surface area (Å²) in [7, 11) is -4.52. The number of sulfone groups is 1. The number of carbonyl (C=O) groups excluding carboxylic acids is 1. The van der Waals surface area contributed by atoms with Crippen LogP contribution in [-0.2, 0) is 16.4 Å². The lowest BCUT2D eigenvalue weighted by atomic mass is 10.2. The summed E-state index contributed by atoms with van der Waals surface area (Å²) in [6, 6.07) is 9.06. The third-order valence-corrected chi connectivity index (χ3v) is 9.49. The molecule has 228 valence electrons. The molecule has 1 fully saturated rings. The molecule has 44 heavy (non-hydrogen) atoms. The summed E-state index contributed by atoms with van der Waals surface area (Å²) in [6.07, 6.45) is 5.22. The fourth-order valence-electron chi connectivity index (χ4n) is 5.09. The Morgan fingerprint density at radius 2 is 1.91 bits per heavy atom. The van der Waals surface area contributed by atoms with E-state index >= 15 is 0 Å². The fourth-order valence-corrected chi connectivity index (χ4v) is 6.47. The average molecular weight is 624 g/mol. The van der Waals surface area contributed by atoms with E-state index in [-0.39, 0.29) is 18.7 Å². The molecule has 1 aromatic carbocycles. The quantitative estimate of drug-likeness (QED) is 0.318. The first-order valence-electron chi connectivity index (χ1n) is 14.2. The monoisotopic (exact) mass is 623 g/mol. The second-order valence-electron chi connectivity index (χ2n) is 10.8. The number of fused-ring (bicyclic) bond motifs is 3. The molecule has 1 saturated carbocycles. The second-order valence-corrected chi connectivity index (χ2v) is 12.9. The number of hydrogen-bond acceptors (Lipinski definition) is 10. The molecule has 0 saturated heterocycles. The molecule has 14 heteroatoms. The Labute approximate surface area is 251 Å². The molecule has 1 aliphatic carbocycles. The molecule has 0 bridgehead atoms. The van der Waals surface area contributed by atoms with Gasteiger partial charge in [-0.05, 0) is 49.1 Å². The summed E-state index contributed by atoms with van der Waals surface area (Å²) in [4.78, 5) is 27.9.